The Morgan fingerprint density at radius 1 is 1.27 bits per heavy atom. The summed E-state index contributed by atoms with van der Waals surface area (Å²) in [4.78, 5) is 19.9. The molecule has 0 aromatic heterocycles. The molecule has 0 aliphatic carbocycles. The molecule has 0 aliphatic heterocycles. The van der Waals surface area contributed by atoms with Gasteiger partial charge in [0.15, 0.2) is 0 Å². The molecule has 0 saturated heterocycles. The maximum atomic E-state index is 11.3. The predicted octanol–water partition coefficient (Wildman–Crippen LogP) is 1.10. The van der Waals surface area contributed by atoms with Gasteiger partial charge in [0.1, 0.15) is 5.78 Å². The maximum Gasteiger partial charge on any atom is 3.00 e. The molecule has 0 bridgehead atoms. The van der Waals surface area contributed by atoms with Crippen molar-refractivity contribution < 1.29 is 64.1 Å². The minimum absolute atomic E-state index is 0. The van der Waals surface area contributed by atoms with Crippen LogP contribution in [0.5, 0.6) is 0 Å². The molecule has 0 fully saturated rings. The van der Waals surface area contributed by atoms with Gasteiger partial charge in [0.2, 0.25) is 5.78 Å². The third-order valence-electron chi connectivity index (χ3n) is 0.726. The van der Waals surface area contributed by atoms with Crippen LogP contribution in [0.15, 0.2) is 0 Å². The molecule has 2 nitrogen and oxygen atoms in total. The van der Waals surface area contributed by atoms with Gasteiger partial charge in [-0.15, -0.1) is 0 Å². The summed E-state index contributed by atoms with van der Waals surface area (Å²) in [5, 5.41) is 0. The van der Waals surface area contributed by atoms with E-state index in [1.54, 1.807) is 0 Å². The Bertz CT molecular complexity index is 164. The number of carbonyl (C=O) groups is 2. The van der Waals surface area contributed by atoms with Crippen LogP contribution in [0.1, 0.15) is 13.3 Å². The van der Waals surface area contributed by atoms with Crippen molar-refractivity contribution in [2.24, 2.45) is 0 Å². The summed E-state index contributed by atoms with van der Waals surface area (Å²) in [5.74, 6) is -2.76. The van der Waals surface area contributed by atoms with Crippen LogP contribution in [0.3, 0.4) is 0 Å². The second kappa shape index (κ2) is 5.19. The first-order valence-electron chi connectivity index (χ1n) is 2.43. The molecule has 0 spiro atoms. The zero-order valence-corrected chi connectivity index (χ0v) is 9.44. The van der Waals surface area contributed by atoms with Gasteiger partial charge in [-0.1, -0.05) is 0 Å². The van der Waals surface area contributed by atoms with Crippen LogP contribution in [-0.4, -0.2) is 17.7 Å². The van der Waals surface area contributed by atoms with Gasteiger partial charge in [0.05, 0.1) is 6.42 Å². The van der Waals surface area contributed by atoms with E-state index in [-0.39, 0.29) is 41.3 Å². The number of hydrogen-bond acceptors (Lipinski definition) is 2. The number of rotatable bonds is 2. The zero-order valence-electron chi connectivity index (χ0n) is 5.73. The van der Waals surface area contributed by atoms with E-state index in [2.05, 4.69) is 0 Å². The quantitative estimate of drug-likeness (QED) is 0.715. The molecule has 0 aromatic rings. The molecule has 11 heavy (non-hydrogen) atoms. The summed E-state index contributed by atoms with van der Waals surface area (Å²) in [5.41, 5.74) is 0. The van der Waals surface area contributed by atoms with E-state index in [4.69, 9.17) is 0 Å². The molecule has 0 radical (unpaired) electrons. The second-order valence-electron chi connectivity index (χ2n) is 1.80. The standard InChI is InChI=1S/C5H5F3O2.Pr/c1-3(9)2-4(10)5(6,7)8;/h2H2,1H3;/q;+3. The van der Waals surface area contributed by atoms with Gasteiger partial charge < -0.3 is 0 Å². The van der Waals surface area contributed by atoms with Gasteiger partial charge in [-0.2, -0.15) is 13.2 Å². The fourth-order valence-electron chi connectivity index (χ4n) is 0.326. The van der Waals surface area contributed by atoms with Crippen molar-refractivity contribution in [3.8, 4) is 0 Å². The fourth-order valence-corrected chi connectivity index (χ4v) is 0.326. The number of ketones is 2. The molecule has 0 unspecified atom stereocenters. The molecule has 0 aromatic carbocycles. The monoisotopic (exact) mass is 295 g/mol. The molecule has 58 valence electrons. The second-order valence-corrected chi connectivity index (χ2v) is 1.80. The van der Waals surface area contributed by atoms with Crippen molar-refractivity contribution >= 4 is 11.6 Å². The summed E-state index contributed by atoms with van der Waals surface area (Å²) in [7, 11) is 0. The number of hydrogen-bond donors (Lipinski definition) is 0. The molecule has 0 N–H and O–H groups in total. The van der Waals surface area contributed by atoms with Gasteiger partial charge >= 0.3 is 47.5 Å². The van der Waals surface area contributed by atoms with Crippen LogP contribution >= 0.6 is 0 Å². The van der Waals surface area contributed by atoms with Gasteiger partial charge in [-0.25, -0.2) is 0 Å². The molecule has 0 aliphatic rings. The number of halogens is 3. The first kappa shape index (κ1) is 14.0. The third kappa shape index (κ3) is 6.87. The number of Topliss-reactive ketones (excluding diaryl/α,β-unsaturated/α-hetero) is 2. The minimum Gasteiger partial charge on any atom is -0.300 e. The van der Waals surface area contributed by atoms with E-state index >= 15 is 0 Å². The number of carbonyl (C=O) groups excluding carboxylic acids is 2. The van der Waals surface area contributed by atoms with Crippen molar-refractivity contribution in [2.75, 3.05) is 0 Å². The van der Waals surface area contributed by atoms with Gasteiger partial charge in [0, 0.05) is 0 Å². The van der Waals surface area contributed by atoms with Crippen molar-refractivity contribution in [2.45, 2.75) is 19.5 Å². The van der Waals surface area contributed by atoms with Crippen LogP contribution in [0.2, 0.25) is 0 Å². The minimum atomic E-state index is -4.87. The zero-order chi connectivity index (χ0) is 8.36. The van der Waals surface area contributed by atoms with E-state index in [0.29, 0.717) is 0 Å². The Morgan fingerprint density at radius 3 is 1.73 bits per heavy atom. The van der Waals surface area contributed by atoms with Crippen molar-refractivity contribution in [1.29, 1.82) is 0 Å². The average Bonchev–Trinajstić information content (AvgIpc) is 1.60. The summed E-state index contributed by atoms with van der Waals surface area (Å²) >= 11 is 0. The van der Waals surface area contributed by atoms with Gasteiger partial charge in [-0.05, 0) is 6.92 Å². The first-order chi connectivity index (χ1) is 4.34. The Kier molecular flexibility index (Phi) is 6.63. The number of alkyl halides is 3. The van der Waals surface area contributed by atoms with Gasteiger partial charge in [0.25, 0.3) is 0 Å². The third-order valence-corrected chi connectivity index (χ3v) is 0.726. The largest absolute Gasteiger partial charge is 3.00 e. The molecule has 0 amide bonds. The summed E-state index contributed by atoms with van der Waals surface area (Å²) in [6, 6.07) is 0. The van der Waals surface area contributed by atoms with E-state index in [1.807, 2.05) is 0 Å². The smallest absolute Gasteiger partial charge is 0.300 e. The molecule has 0 atom stereocenters. The molecular formula is C5H5F3O2Pr+3. The van der Waals surface area contributed by atoms with E-state index in [1.165, 1.54) is 0 Å². The summed E-state index contributed by atoms with van der Waals surface area (Å²) < 4.78 is 33.9. The summed E-state index contributed by atoms with van der Waals surface area (Å²) in [6.07, 6.45) is -5.92. The van der Waals surface area contributed by atoms with Crippen LogP contribution in [-0.2, 0) is 9.59 Å². The Balaban J connectivity index is 0. The van der Waals surface area contributed by atoms with Crippen LogP contribution in [0, 0.1) is 41.3 Å². The van der Waals surface area contributed by atoms with E-state index in [0.717, 1.165) is 6.92 Å². The molecule has 0 heterocycles. The first-order valence-corrected chi connectivity index (χ1v) is 2.43. The normalized spacial score (nSPS) is 10.2. The Labute approximate surface area is 94.5 Å². The summed E-state index contributed by atoms with van der Waals surface area (Å²) in [6.45, 7) is 0.934. The molecule has 0 rings (SSSR count). The Morgan fingerprint density at radius 2 is 1.64 bits per heavy atom. The van der Waals surface area contributed by atoms with Crippen LogP contribution in [0.25, 0.3) is 0 Å². The Hall–Kier alpha value is 0.494. The average molecular weight is 295 g/mol. The molecule has 0 saturated carbocycles. The molecule has 6 heteroatoms. The topological polar surface area (TPSA) is 34.1 Å². The predicted molar refractivity (Wildman–Crippen MR) is 26.4 cm³/mol. The van der Waals surface area contributed by atoms with E-state index < -0.39 is 24.2 Å². The SMILES string of the molecule is CC(=O)CC(=O)C(F)(F)F.[Pr+3]. The molecular weight excluding hydrogens is 290 g/mol. The van der Waals surface area contributed by atoms with Crippen LogP contribution in [0.4, 0.5) is 13.2 Å². The maximum absolute atomic E-state index is 11.3. The van der Waals surface area contributed by atoms with Crippen molar-refractivity contribution in [3.63, 3.8) is 0 Å². The van der Waals surface area contributed by atoms with E-state index in [9.17, 15) is 22.8 Å². The van der Waals surface area contributed by atoms with Crippen LogP contribution < -0.4 is 0 Å². The van der Waals surface area contributed by atoms with Crippen molar-refractivity contribution in [3.05, 3.63) is 0 Å². The fraction of sp³-hybridized carbons (Fsp3) is 0.600. The van der Waals surface area contributed by atoms with Gasteiger partial charge in [-0.3, -0.25) is 9.59 Å². The van der Waals surface area contributed by atoms with Crippen molar-refractivity contribution in [1.82, 2.24) is 0 Å².